The van der Waals surface area contributed by atoms with E-state index in [0.29, 0.717) is 35.6 Å². The Bertz CT molecular complexity index is 644. The summed E-state index contributed by atoms with van der Waals surface area (Å²) >= 11 is 3.06. The maximum Gasteiger partial charge on any atom is 0.258 e. The molecule has 5 nitrogen and oxygen atoms in total. The molecule has 0 saturated heterocycles. The number of ether oxygens (including phenoxy) is 1. The summed E-state index contributed by atoms with van der Waals surface area (Å²) in [6.07, 6.45) is 0.709. The topological polar surface area (TPSA) is 64.1 Å². The Morgan fingerprint density at radius 2 is 2.13 bits per heavy atom. The quantitative estimate of drug-likeness (QED) is 0.578. The third-order valence-electron chi connectivity index (χ3n) is 2.85. The number of amides is 1. The minimum absolute atomic E-state index is 0.152. The molecule has 0 unspecified atom stereocenters. The van der Waals surface area contributed by atoms with E-state index in [0.717, 1.165) is 9.90 Å². The van der Waals surface area contributed by atoms with Gasteiger partial charge in [-0.1, -0.05) is 37.3 Å². The molecule has 1 heterocycles. The van der Waals surface area contributed by atoms with Crippen molar-refractivity contribution in [3.8, 4) is 0 Å². The van der Waals surface area contributed by atoms with Crippen LogP contribution in [0.2, 0.25) is 0 Å². The number of hydrogen-bond acceptors (Lipinski definition) is 6. The van der Waals surface area contributed by atoms with Crippen LogP contribution in [-0.4, -0.2) is 34.6 Å². The van der Waals surface area contributed by atoms with Crippen molar-refractivity contribution in [3.05, 3.63) is 34.8 Å². The molecule has 0 saturated carbocycles. The molecule has 2 aromatic rings. The lowest BCUT2D eigenvalue weighted by atomic mass is 10.2. The van der Waals surface area contributed by atoms with Gasteiger partial charge in [0.15, 0.2) is 0 Å². The number of aromatic nitrogens is 2. The van der Waals surface area contributed by atoms with E-state index in [9.17, 15) is 4.79 Å². The first-order chi connectivity index (χ1) is 11.1. The zero-order valence-electron chi connectivity index (χ0n) is 13.5. The first-order valence-corrected chi connectivity index (χ1v) is 9.27. The fourth-order valence-electron chi connectivity index (χ4n) is 1.88. The number of rotatable bonds is 8. The van der Waals surface area contributed by atoms with Gasteiger partial charge in [0.2, 0.25) is 5.13 Å². The summed E-state index contributed by atoms with van der Waals surface area (Å²) in [5.74, 6) is -0.152. The average Bonchev–Trinajstić information content (AvgIpc) is 2.95. The molecule has 124 valence electrons. The standard InChI is InChI=1S/C16H21N3O2S2/c1-4-21-10-9-14-18-19-16(23-14)17-15(20)12-7-5-6-8-13(12)22-11(2)3/h5-8,11H,4,9-10H2,1-3H3,(H,17,19,20). The largest absolute Gasteiger partial charge is 0.381 e. The summed E-state index contributed by atoms with van der Waals surface area (Å²) in [5.41, 5.74) is 0.664. The highest BCUT2D eigenvalue weighted by Gasteiger charge is 2.14. The SMILES string of the molecule is CCOCCc1nnc(NC(=O)c2ccccc2SC(C)C)s1. The van der Waals surface area contributed by atoms with E-state index in [1.54, 1.807) is 11.8 Å². The molecule has 1 N–H and O–H groups in total. The van der Waals surface area contributed by atoms with Gasteiger partial charge in [0, 0.05) is 23.2 Å². The van der Waals surface area contributed by atoms with Gasteiger partial charge in [0.05, 0.1) is 12.2 Å². The van der Waals surface area contributed by atoms with Gasteiger partial charge in [-0.2, -0.15) is 0 Å². The predicted molar refractivity (Wildman–Crippen MR) is 95.5 cm³/mol. The van der Waals surface area contributed by atoms with Gasteiger partial charge in [-0.3, -0.25) is 10.1 Å². The van der Waals surface area contributed by atoms with Gasteiger partial charge in [0.1, 0.15) is 5.01 Å². The Kier molecular flexibility index (Phi) is 7.01. The van der Waals surface area contributed by atoms with Crippen LogP contribution in [0.25, 0.3) is 0 Å². The van der Waals surface area contributed by atoms with E-state index < -0.39 is 0 Å². The number of thioether (sulfide) groups is 1. The molecule has 0 atom stereocenters. The maximum atomic E-state index is 12.5. The highest BCUT2D eigenvalue weighted by Crippen LogP contribution is 2.27. The molecular formula is C16H21N3O2S2. The van der Waals surface area contributed by atoms with Crippen LogP contribution < -0.4 is 5.32 Å². The highest BCUT2D eigenvalue weighted by atomic mass is 32.2. The summed E-state index contributed by atoms with van der Waals surface area (Å²) in [5, 5.41) is 12.7. The molecule has 0 fully saturated rings. The van der Waals surface area contributed by atoms with E-state index in [1.165, 1.54) is 11.3 Å². The Labute approximate surface area is 144 Å². The Hall–Kier alpha value is -1.44. The van der Waals surface area contributed by atoms with Crippen molar-refractivity contribution in [2.24, 2.45) is 0 Å². The fourth-order valence-corrected chi connectivity index (χ4v) is 3.55. The number of nitrogens with one attached hydrogen (secondary N) is 1. The van der Waals surface area contributed by atoms with Gasteiger partial charge < -0.3 is 4.74 Å². The molecular weight excluding hydrogens is 330 g/mol. The van der Waals surface area contributed by atoms with Crippen molar-refractivity contribution in [1.29, 1.82) is 0 Å². The molecule has 0 aliphatic heterocycles. The molecule has 23 heavy (non-hydrogen) atoms. The van der Waals surface area contributed by atoms with E-state index in [2.05, 4.69) is 29.4 Å². The zero-order valence-corrected chi connectivity index (χ0v) is 15.2. The van der Waals surface area contributed by atoms with Crippen molar-refractivity contribution < 1.29 is 9.53 Å². The van der Waals surface area contributed by atoms with Crippen molar-refractivity contribution in [2.75, 3.05) is 18.5 Å². The fraction of sp³-hybridized carbons (Fsp3) is 0.438. The van der Waals surface area contributed by atoms with Crippen molar-refractivity contribution in [3.63, 3.8) is 0 Å². The highest BCUT2D eigenvalue weighted by molar-refractivity contribution is 8.00. The summed E-state index contributed by atoms with van der Waals surface area (Å²) in [7, 11) is 0. The minimum atomic E-state index is -0.152. The first-order valence-electron chi connectivity index (χ1n) is 7.57. The molecule has 2 rings (SSSR count). The summed E-state index contributed by atoms with van der Waals surface area (Å²) < 4.78 is 5.30. The summed E-state index contributed by atoms with van der Waals surface area (Å²) in [6.45, 7) is 7.47. The van der Waals surface area contributed by atoms with Crippen LogP contribution in [0.5, 0.6) is 0 Å². The lowest BCUT2D eigenvalue weighted by Gasteiger charge is -2.10. The summed E-state index contributed by atoms with van der Waals surface area (Å²) in [6, 6.07) is 7.61. The molecule has 0 spiro atoms. The molecule has 1 aromatic heterocycles. The Morgan fingerprint density at radius 1 is 1.35 bits per heavy atom. The minimum Gasteiger partial charge on any atom is -0.381 e. The van der Waals surface area contributed by atoms with Crippen LogP contribution in [0.15, 0.2) is 29.2 Å². The second-order valence-electron chi connectivity index (χ2n) is 5.06. The van der Waals surface area contributed by atoms with Crippen molar-refractivity contribution in [2.45, 2.75) is 37.3 Å². The number of hydrogen-bond donors (Lipinski definition) is 1. The van der Waals surface area contributed by atoms with Gasteiger partial charge in [0.25, 0.3) is 5.91 Å². The second kappa shape index (κ2) is 9.00. The number of nitrogens with zero attached hydrogens (tertiary/aromatic N) is 2. The number of benzene rings is 1. The molecule has 0 bridgehead atoms. The number of anilines is 1. The molecule has 1 aromatic carbocycles. The van der Waals surface area contributed by atoms with E-state index in [4.69, 9.17) is 4.74 Å². The molecule has 0 radical (unpaired) electrons. The van der Waals surface area contributed by atoms with Crippen LogP contribution in [0.3, 0.4) is 0 Å². The van der Waals surface area contributed by atoms with Gasteiger partial charge in [-0.05, 0) is 19.1 Å². The van der Waals surface area contributed by atoms with Crippen LogP contribution in [0, 0.1) is 0 Å². The van der Waals surface area contributed by atoms with E-state index >= 15 is 0 Å². The van der Waals surface area contributed by atoms with Gasteiger partial charge in [-0.15, -0.1) is 22.0 Å². The monoisotopic (exact) mass is 351 g/mol. The van der Waals surface area contributed by atoms with Gasteiger partial charge >= 0.3 is 0 Å². The molecule has 0 aliphatic rings. The van der Waals surface area contributed by atoms with E-state index in [-0.39, 0.29) is 5.91 Å². The predicted octanol–water partition coefficient (Wildman–Crippen LogP) is 3.87. The zero-order chi connectivity index (χ0) is 16.7. The summed E-state index contributed by atoms with van der Waals surface area (Å²) in [4.78, 5) is 13.4. The second-order valence-corrected chi connectivity index (χ2v) is 7.75. The Morgan fingerprint density at radius 3 is 2.87 bits per heavy atom. The maximum absolute atomic E-state index is 12.5. The lowest BCUT2D eigenvalue weighted by Crippen LogP contribution is -2.13. The first kappa shape index (κ1) is 17.9. The van der Waals surface area contributed by atoms with Crippen LogP contribution >= 0.6 is 23.1 Å². The van der Waals surface area contributed by atoms with Crippen LogP contribution in [-0.2, 0) is 11.2 Å². The average molecular weight is 351 g/mol. The molecule has 7 heteroatoms. The van der Waals surface area contributed by atoms with E-state index in [1.807, 2.05) is 31.2 Å². The van der Waals surface area contributed by atoms with Crippen LogP contribution in [0.1, 0.15) is 36.1 Å². The Balaban J connectivity index is 2.02. The van der Waals surface area contributed by atoms with Crippen molar-refractivity contribution >= 4 is 34.1 Å². The third kappa shape index (κ3) is 5.60. The van der Waals surface area contributed by atoms with Gasteiger partial charge in [-0.25, -0.2) is 0 Å². The number of carbonyl (C=O) groups excluding carboxylic acids is 1. The lowest BCUT2D eigenvalue weighted by molar-refractivity contribution is 0.102. The van der Waals surface area contributed by atoms with Crippen LogP contribution in [0.4, 0.5) is 5.13 Å². The van der Waals surface area contributed by atoms with Crippen molar-refractivity contribution in [1.82, 2.24) is 10.2 Å². The number of carbonyl (C=O) groups is 1. The normalized spacial score (nSPS) is 11.0. The molecule has 0 aliphatic carbocycles. The third-order valence-corrected chi connectivity index (χ3v) is 4.83. The molecule has 1 amide bonds. The smallest absolute Gasteiger partial charge is 0.258 e.